The first-order chi connectivity index (χ1) is 9.83. The Bertz CT molecular complexity index is 386. The normalized spacial score (nSPS) is 16.9. The van der Waals surface area contributed by atoms with Crippen LogP contribution in [0.15, 0.2) is 11.8 Å². The molecule has 0 N–H and O–H groups in total. The summed E-state index contributed by atoms with van der Waals surface area (Å²) in [6.07, 6.45) is 5.44. The second kappa shape index (κ2) is 8.17. The molecule has 1 saturated carbocycles. The summed E-state index contributed by atoms with van der Waals surface area (Å²) in [4.78, 5) is 23.9. The van der Waals surface area contributed by atoms with Gasteiger partial charge in [0, 0.05) is 13.5 Å². The molecule has 0 aromatic carbocycles. The predicted octanol–water partition coefficient (Wildman–Crippen LogP) is 2.98. The molecule has 0 radical (unpaired) electrons. The topological polar surface area (TPSA) is 61.8 Å². The molecular formula is C16H26O5. The lowest BCUT2D eigenvalue weighted by Crippen LogP contribution is -2.25. The van der Waals surface area contributed by atoms with Crippen molar-refractivity contribution in [3.63, 3.8) is 0 Å². The molecule has 0 unspecified atom stereocenters. The van der Waals surface area contributed by atoms with Gasteiger partial charge < -0.3 is 14.2 Å². The van der Waals surface area contributed by atoms with Gasteiger partial charge in [-0.15, -0.1) is 0 Å². The Kier molecular flexibility index (Phi) is 6.89. The maximum Gasteiger partial charge on any atom is 0.337 e. The minimum atomic E-state index is -0.585. The maximum atomic E-state index is 12.1. The highest BCUT2D eigenvalue weighted by Gasteiger charge is 2.25. The minimum absolute atomic E-state index is 0.0384. The zero-order valence-corrected chi connectivity index (χ0v) is 13.4. The number of esters is 2. The molecule has 0 spiro atoms. The lowest BCUT2D eigenvalue weighted by Gasteiger charge is -2.20. The summed E-state index contributed by atoms with van der Waals surface area (Å²) in [7, 11) is 1.55. The van der Waals surface area contributed by atoms with Gasteiger partial charge in [-0.2, -0.15) is 0 Å². The summed E-state index contributed by atoms with van der Waals surface area (Å²) >= 11 is 0. The van der Waals surface area contributed by atoms with Crippen molar-refractivity contribution in [2.75, 3.05) is 13.7 Å². The van der Waals surface area contributed by atoms with Crippen LogP contribution in [0.1, 0.15) is 52.9 Å². The second-order valence-electron chi connectivity index (χ2n) is 6.31. The molecule has 5 nitrogen and oxygen atoms in total. The van der Waals surface area contributed by atoms with E-state index in [2.05, 4.69) is 0 Å². The summed E-state index contributed by atoms with van der Waals surface area (Å²) in [6, 6.07) is 0. The Morgan fingerprint density at radius 1 is 1.19 bits per heavy atom. The molecule has 0 saturated heterocycles. The average molecular weight is 298 g/mol. The fourth-order valence-electron chi connectivity index (χ4n) is 2.15. The summed E-state index contributed by atoms with van der Waals surface area (Å²) in [5.74, 6) is -0.770. The van der Waals surface area contributed by atoms with Gasteiger partial charge in [-0.3, -0.25) is 4.79 Å². The fraction of sp³-hybridized carbons (Fsp3) is 0.750. The molecular weight excluding hydrogens is 272 g/mol. The molecule has 1 aliphatic carbocycles. The van der Waals surface area contributed by atoms with Crippen molar-refractivity contribution in [3.05, 3.63) is 11.8 Å². The molecule has 1 rings (SSSR count). The molecule has 0 aromatic heterocycles. The lowest BCUT2D eigenvalue weighted by atomic mass is 10.1. The number of carbonyl (C=O) groups is 2. The van der Waals surface area contributed by atoms with Gasteiger partial charge in [0.25, 0.3) is 0 Å². The number of hydrogen-bond acceptors (Lipinski definition) is 5. The Hall–Kier alpha value is -1.36. The van der Waals surface area contributed by atoms with Crippen LogP contribution in [0.5, 0.6) is 0 Å². The number of hydrogen-bond donors (Lipinski definition) is 0. The van der Waals surface area contributed by atoms with Crippen LogP contribution in [0.4, 0.5) is 0 Å². The molecule has 21 heavy (non-hydrogen) atoms. The molecule has 5 heteroatoms. The first kappa shape index (κ1) is 17.7. The van der Waals surface area contributed by atoms with E-state index in [-0.39, 0.29) is 11.9 Å². The maximum absolute atomic E-state index is 12.1. The number of ether oxygens (including phenoxy) is 3. The molecule has 0 aromatic rings. The van der Waals surface area contributed by atoms with E-state index in [4.69, 9.17) is 14.2 Å². The standard InChI is InChI=1S/C16H26O5/c1-16(2,3)21-15(18)13(9-10-19-4)11-20-14(17)12-7-5-6-8-12/h11-12H,5-10H2,1-4H3/b13-11+. The number of rotatable bonds is 6. The third-order valence-corrected chi connectivity index (χ3v) is 3.24. The van der Waals surface area contributed by atoms with E-state index in [0.29, 0.717) is 18.6 Å². The Morgan fingerprint density at radius 2 is 1.81 bits per heavy atom. The molecule has 1 aliphatic rings. The van der Waals surface area contributed by atoms with Crippen LogP contribution in [0.2, 0.25) is 0 Å². The van der Waals surface area contributed by atoms with Gasteiger partial charge in [0.15, 0.2) is 0 Å². The van der Waals surface area contributed by atoms with Crippen LogP contribution in [-0.2, 0) is 23.8 Å². The first-order valence-electron chi connectivity index (χ1n) is 7.45. The predicted molar refractivity (Wildman–Crippen MR) is 78.5 cm³/mol. The van der Waals surface area contributed by atoms with Gasteiger partial charge in [0.05, 0.1) is 18.1 Å². The first-order valence-corrected chi connectivity index (χ1v) is 7.45. The summed E-state index contributed by atoms with van der Waals surface area (Å²) in [5.41, 5.74) is -0.267. The second-order valence-corrected chi connectivity index (χ2v) is 6.31. The van der Waals surface area contributed by atoms with Crippen molar-refractivity contribution in [2.24, 2.45) is 5.92 Å². The van der Waals surface area contributed by atoms with Crippen molar-refractivity contribution in [3.8, 4) is 0 Å². The van der Waals surface area contributed by atoms with Crippen molar-refractivity contribution in [1.29, 1.82) is 0 Å². The van der Waals surface area contributed by atoms with Crippen LogP contribution in [0.25, 0.3) is 0 Å². The SMILES string of the molecule is COCC/C(=C\OC(=O)C1CCCC1)C(=O)OC(C)(C)C. The van der Waals surface area contributed by atoms with Crippen LogP contribution in [-0.4, -0.2) is 31.3 Å². The third-order valence-electron chi connectivity index (χ3n) is 3.24. The molecule has 0 aliphatic heterocycles. The van der Waals surface area contributed by atoms with Crippen molar-refractivity contribution >= 4 is 11.9 Å². The molecule has 1 fully saturated rings. The summed E-state index contributed by atoms with van der Waals surface area (Å²) in [6.45, 7) is 5.75. The van der Waals surface area contributed by atoms with Gasteiger partial charge in [-0.05, 0) is 33.6 Å². The zero-order chi connectivity index (χ0) is 15.9. The molecule has 0 heterocycles. The average Bonchev–Trinajstić information content (AvgIpc) is 2.90. The lowest BCUT2D eigenvalue weighted by molar-refractivity contribution is -0.150. The Labute approximate surface area is 126 Å². The van der Waals surface area contributed by atoms with Gasteiger partial charge in [0.1, 0.15) is 11.9 Å². The number of carbonyl (C=O) groups excluding carboxylic acids is 2. The van der Waals surface area contributed by atoms with E-state index in [9.17, 15) is 9.59 Å². The zero-order valence-electron chi connectivity index (χ0n) is 13.4. The van der Waals surface area contributed by atoms with Crippen LogP contribution in [0, 0.1) is 5.92 Å². The van der Waals surface area contributed by atoms with E-state index in [0.717, 1.165) is 25.7 Å². The summed E-state index contributed by atoms with van der Waals surface area (Å²) in [5, 5.41) is 0. The Balaban J connectivity index is 2.64. The smallest absolute Gasteiger partial charge is 0.337 e. The van der Waals surface area contributed by atoms with E-state index in [1.54, 1.807) is 27.9 Å². The van der Waals surface area contributed by atoms with E-state index in [1.165, 1.54) is 6.26 Å². The number of methoxy groups -OCH3 is 1. The largest absolute Gasteiger partial charge is 0.457 e. The summed E-state index contributed by atoms with van der Waals surface area (Å²) < 4.78 is 15.4. The molecule has 0 bridgehead atoms. The quantitative estimate of drug-likeness (QED) is 0.428. The van der Waals surface area contributed by atoms with Crippen LogP contribution >= 0.6 is 0 Å². The highest BCUT2D eigenvalue weighted by atomic mass is 16.6. The van der Waals surface area contributed by atoms with Gasteiger partial charge in [-0.1, -0.05) is 12.8 Å². The van der Waals surface area contributed by atoms with Gasteiger partial charge in [-0.25, -0.2) is 4.79 Å². The van der Waals surface area contributed by atoms with E-state index >= 15 is 0 Å². The molecule has 0 amide bonds. The van der Waals surface area contributed by atoms with Crippen LogP contribution in [0.3, 0.4) is 0 Å². The highest BCUT2D eigenvalue weighted by Crippen LogP contribution is 2.26. The third kappa shape index (κ3) is 6.76. The molecule has 0 atom stereocenters. The van der Waals surface area contributed by atoms with Gasteiger partial charge in [0.2, 0.25) is 0 Å². The van der Waals surface area contributed by atoms with E-state index in [1.807, 2.05) is 0 Å². The van der Waals surface area contributed by atoms with E-state index < -0.39 is 11.6 Å². The van der Waals surface area contributed by atoms with Crippen molar-refractivity contribution in [2.45, 2.75) is 58.5 Å². The highest BCUT2D eigenvalue weighted by molar-refractivity contribution is 5.89. The van der Waals surface area contributed by atoms with Crippen molar-refractivity contribution < 1.29 is 23.8 Å². The van der Waals surface area contributed by atoms with Crippen molar-refractivity contribution in [1.82, 2.24) is 0 Å². The van der Waals surface area contributed by atoms with Crippen LogP contribution < -0.4 is 0 Å². The minimum Gasteiger partial charge on any atom is -0.457 e. The van der Waals surface area contributed by atoms with Gasteiger partial charge >= 0.3 is 11.9 Å². The fourth-order valence-corrected chi connectivity index (χ4v) is 2.15. The monoisotopic (exact) mass is 298 g/mol. The Morgan fingerprint density at radius 3 is 2.33 bits per heavy atom. The molecule has 120 valence electrons.